The Morgan fingerprint density at radius 3 is 2.62 bits per heavy atom. The molecule has 0 radical (unpaired) electrons. The van der Waals surface area contributed by atoms with Gasteiger partial charge in [0.15, 0.2) is 12.4 Å². The van der Waals surface area contributed by atoms with Crippen molar-refractivity contribution in [2.45, 2.75) is 6.54 Å². The standard InChI is InChI=1S/C18H19ClN2O5/c1-25-10-9-20(12-14-5-3-2-4-6-14)18(22)13-26-17-8-7-15(19)11-16(17)21(23)24/h2-8,11H,9-10,12-13H2,1H3. The average Bonchev–Trinajstić information content (AvgIpc) is 2.64. The van der Waals surface area contributed by atoms with Crippen LogP contribution in [0.25, 0.3) is 0 Å². The Balaban J connectivity index is 2.06. The predicted octanol–water partition coefficient (Wildman–Crippen LogP) is 3.30. The van der Waals surface area contributed by atoms with E-state index in [0.29, 0.717) is 19.7 Å². The molecule has 0 saturated heterocycles. The molecule has 2 aromatic carbocycles. The van der Waals surface area contributed by atoms with Gasteiger partial charge < -0.3 is 14.4 Å². The van der Waals surface area contributed by atoms with Gasteiger partial charge >= 0.3 is 5.69 Å². The van der Waals surface area contributed by atoms with E-state index in [4.69, 9.17) is 21.1 Å². The van der Waals surface area contributed by atoms with Crippen molar-refractivity contribution in [3.05, 3.63) is 69.2 Å². The van der Waals surface area contributed by atoms with Crippen molar-refractivity contribution < 1.29 is 19.2 Å². The zero-order valence-electron chi connectivity index (χ0n) is 14.3. The molecule has 0 bridgehead atoms. The second kappa shape index (κ2) is 9.74. The van der Waals surface area contributed by atoms with Gasteiger partial charge in [-0.15, -0.1) is 0 Å². The summed E-state index contributed by atoms with van der Waals surface area (Å²) >= 11 is 5.77. The smallest absolute Gasteiger partial charge is 0.312 e. The fraction of sp³-hybridized carbons (Fsp3) is 0.278. The summed E-state index contributed by atoms with van der Waals surface area (Å²) in [7, 11) is 1.55. The fourth-order valence-electron chi connectivity index (χ4n) is 2.28. The number of nitro groups is 1. The lowest BCUT2D eigenvalue weighted by Gasteiger charge is -2.22. The first kappa shape index (κ1) is 19.7. The Kier molecular flexibility index (Phi) is 7.37. The topological polar surface area (TPSA) is 81.9 Å². The fourth-order valence-corrected chi connectivity index (χ4v) is 2.45. The van der Waals surface area contributed by atoms with E-state index in [2.05, 4.69) is 0 Å². The number of benzene rings is 2. The molecule has 2 rings (SSSR count). The summed E-state index contributed by atoms with van der Waals surface area (Å²) in [5, 5.41) is 11.3. The first-order valence-electron chi connectivity index (χ1n) is 7.88. The second-order valence-electron chi connectivity index (χ2n) is 5.45. The Morgan fingerprint density at radius 1 is 1.23 bits per heavy atom. The van der Waals surface area contributed by atoms with Crippen LogP contribution in [0.1, 0.15) is 5.56 Å². The quantitative estimate of drug-likeness (QED) is 0.494. The molecule has 0 unspecified atom stereocenters. The maximum Gasteiger partial charge on any atom is 0.312 e. The summed E-state index contributed by atoms with van der Waals surface area (Å²) < 4.78 is 10.4. The van der Waals surface area contributed by atoms with E-state index >= 15 is 0 Å². The van der Waals surface area contributed by atoms with Crippen LogP contribution >= 0.6 is 11.6 Å². The lowest BCUT2D eigenvalue weighted by atomic mass is 10.2. The van der Waals surface area contributed by atoms with Gasteiger partial charge in [0.2, 0.25) is 0 Å². The highest BCUT2D eigenvalue weighted by Crippen LogP contribution is 2.29. The number of halogens is 1. The van der Waals surface area contributed by atoms with Crippen LogP contribution in [0.2, 0.25) is 5.02 Å². The van der Waals surface area contributed by atoms with Crippen molar-refractivity contribution in [1.29, 1.82) is 0 Å². The van der Waals surface area contributed by atoms with Crippen LogP contribution in [-0.4, -0.2) is 42.6 Å². The van der Waals surface area contributed by atoms with Gasteiger partial charge in [-0.2, -0.15) is 0 Å². The summed E-state index contributed by atoms with van der Waals surface area (Å²) in [5.41, 5.74) is 0.686. The normalized spacial score (nSPS) is 10.4. The van der Waals surface area contributed by atoms with Crippen molar-refractivity contribution >= 4 is 23.2 Å². The Bertz CT molecular complexity index is 755. The van der Waals surface area contributed by atoms with Crippen LogP contribution in [0.3, 0.4) is 0 Å². The SMILES string of the molecule is COCCN(Cc1ccccc1)C(=O)COc1ccc(Cl)cc1[N+](=O)[O-]. The van der Waals surface area contributed by atoms with Crippen LogP contribution < -0.4 is 4.74 Å². The first-order chi connectivity index (χ1) is 12.5. The van der Waals surface area contributed by atoms with Gasteiger partial charge in [-0.1, -0.05) is 41.9 Å². The average molecular weight is 379 g/mol. The molecule has 7 nitrogen and oxygen atoms in total. The maximum atomic E-state index is 12.5. The number of carbonyl (C=O) groups is 1. The molecule has 0 saturated carbocycles. The van der Waals surface area contributed by atoms with Crippen LogP contribution in [-0.2, 0) is 16.1 Å². The molecule has 0 fully saturated rings. The molecule has 0 aliphatic heterocycles. The number of ether oxygens (including phenoxy) is 2. The van der Waals surface area contributed by atoms with Crippen LogP contribution in [0.5, 0.6) is 5.75 Å². The van der Waals surface area contributed by atoms with Crippen LogP contribution in [0.4, 0.5) is 5.69 Å². The van der Waals surface area contributed by atoms with Gasteiger partial charge in [-0.3, -0.25) is 14.9 Å². The van der Waals surface area contributed by atoms with Gasteiger partial charge in [0.25, 0.3) is 5.91 Å². The summed E-state index contributed by atoms with van der Waals surface area (Å²) in [6.07, 6.45) is 0. The van der Waals surface area contributed by atoms with E-state index < -0.39 is 4.92 Å². The number of hydrogen-bond donors (Lipinski definition) is 0. The molecule has 26 heavy (non-hydrogen) atoms. The first-order valence-corrected chi connectivity index (χ1v) is 8.26. The molecule has 0 spiro atoms. The third-order valence-electron chi connectivity index (χ3n) is 3.60. The minimum Gasteiger partial charge on any atom is -0.477 e. The summed E-state index contributed by atoms with van der Waals surface area (Å²) in [5.74, 6) is -0.297. The lowest BCUT2D eigenvalue weighted by Crippen LogP contribution is -2.36. The van der Waals surface area contributed by atoms with Crippen molar-refractivity contribution in [1.82, 2.24) is 4.90 Å². The van der Waals surface area contributed by atoms with Gasteiger partial charge in [0.05, 0.1) is 11.5 Å². The van der Waals surface area contributed by atoms with Crippen molar-refractivity contribution in [3.8, 4) is 5.75 Å². The highest BCUT2D eigenvalue weighted by Gasteiger charge is 2.19. The molecule has 0 aliphatic carbocycles. The van der Waals surface area contributed by atoms with E-state index in [1.54, 1.807) is 12.0 Å². The Labute approximate surface area is 156 Å². The predicted molar refractivity (Wildman–Crippen MR) is 97.3 cm³/mol. The van der Waals surface area contributed by atoms with Gasteiger partial charge in [0, 0.05) is 31.3 Å². The Hall–Kier alpha value is -2.64. The molecule has 0 aliphatic rings. The minimum atomic E-state index is -0.599. The van der Waals surface area contributed by atoms with Crippen molar-refractivity contribution in [2.24, 2.45) is 0 Å². The number of hydrogen-bond acceptors (Lipinski definition) is 5. The molecule has 0 heterocycles. The van der Waals surface area contributed by atoms with Gasteiger partial charge in [-0.05, 0) is 17.7 Å². The zero-order valence-corrected chi connectivity index (χ0v) is 15.0. The largest absolute Gasteiger partial charge is 0.477 e. The summed E-state index contributed by atoms with van der Waals surface area (Å²) in [6.45, 7) is 0.837. The zero-order chi connectivity index (χ0) is 18.9. The monoisotopic (exact) mass is 378 g/mol. The number of methoxy groups -OCH3 is 1. The van der Waals surface area contributed by atoms with E-state index in [0.717, 1.165) is 5.56 Å². The molecule has 1 amide bonds. The van der Waals surface area contributed by atoms with E-state index in [-0.39, 0.29) is 29.0 Å². The van der Waals surface area contributed by atoms with E-state index in [9.17, 15) is 14.9 Å². The third kappa shape index (κ3) is 5.72. The van der Waals surface area contributed by atoms with Gasteiger partial charge in [-0.25, -0.2) is 0 Å². The Morgan fingerprint density at radius 2 is 1.96 bits per heavy atom. The third-order valence-corrected chi connectivity index (χ3v) is 3.84. The van der Waals surface area contributed by atoms with Crippen LogP contribution in [0, 0.1) is 10.1 Å². The number of nitrogens with zero attached hydrogens (tertiary/aromatic N) is 2. The molecular formula is C18H19ClN2O5. The second-order valence-corrected chi connectivity index (χ2v) is 5.89. The van der Waals surface area contributed by atoms with Gasteiger partial charge in [0.1, 0.15) is 0 Å². The number of rotatable bonds is 9. The number of carbonyl (C=O) groups excluding carboxylic acids is 1. The lowest BCUT2D eigenvalue weighted by molar-refractivity contribution is -0.385. The summed E-state index contributed by atoms with van der Waals surface area (Å²) in [4.78, 5) is 24.6. The molecule has 0 atom stereocenters. The van der Waals surface area contributed by atoms with Crippen molar-refractivity contribution in [2.75, 3.05) is 26.9 Å². The molecule has 2 aromatic rings. The number of amides is 1. The molecule has 0 N–H and O–H groups in total. The highest BCUT2D eigenvalue weighted by molar-refractivity contribution is 6.30. The maximum absolute atomic E-state index is 12.5. The van der Waals surface area contributed by atoms with E-state index in [1.807, 2.05) is 30.3 Å². The van der Waals surface area contributed by atoms with Crippen molar-refractivity contribution in [3.63, 3.8) is 0 Å². The molecule has 8 heteroatoms. The minimum absolute atomic E-state index is 0.000785. The molecular weight excluding hydrogens is 360 g/mol. The number of nitro benzene ring substituents is 1. The van der Waals surface area contributed by atoms with Crippen LogP contribution in [0.15, 0.2) is 48.5 Å². The molecule has 0 aromatic heterocycles. The summed E-state index contributed by atoms with van der Waals surface area (Å²) in [6, 6.07) is 13.5. The van der Waals surface area contributed by atoms with E-state index in [1.165, 1.54) is 18.2 Å². The highest BCUT2D eigenvalue weighted by atomic mass is 35.5. The molecule has 138 valence electrons.